The van der Waals surface area contributed by atoms with E-state index in [1.807, 2.05) is 60.7 Å². The largest absolute Gasteiger partial charge is 0.462 e. The fourth-order valence-electron chi connectivity index (χ4n) is 4.15. The lowest BCUT2D eigenvalue weighted by Gasteiger charge is -2.50. The second-order valence-electron chi connectivity index (χ2n) is 8.36. The number of methoxy groups -OCH3 is 1. The fraction of sp³-hybridized carbons (Fsp3) is 0.500. The van der Waals surface area contributed by atoms with Crippen molar-refractivity contribution in [3.8, 4) is 0 Å². The van der Waals surface area contributed by atoms with Crippen molar-refractivity contribution in [2.24, 2.45) is 0 Å². The van der Waals surface area contributed by atoms with Crippen LogP contribution in [-0.2, 0) is 51.2 Å². The van der Waals surface area contributed by atoms with E-state index in [9.17, 15) is 4.79 Å². The van der Waals surface area contributed by atoms with Crippen LogP contribution in [0.5, 0.6) is 0 Å². The number of carbonyl (C=O) groups excluding carboxylic acids is 1. The molecular formula is C26H32O8. The van der Waals surface area contributed by atoms with Crippen LogP contribution in [0.3, 0.4) is 0 Å². The van der Waals surface area contributed by atoms with Gasteiger partial charge in [0.1, 0.15) is 24.4 Å². The molecule has 2 saturated heterocycles. The molecule has 0 spiro atoms. The number of hydrogen-bond acceptors (Lipinski definition) is 8. The highest BCUT2D eigenvalue weighted by molar-refractivity contribution is 5.77. The van der Waals surface area contributed by atoms with Gasteiger partial charge in [0, 0.05) is 14.0 Å². The van der Waals surface area contributed by atoms with Gasteiger partial charge in [0.05, 0.1) is 26.4 Å². The van der Waals surface area contributed by atoms with E-state index in [-0.39, 0.29) is 13.2 Å². The van der Waals surface area contributed by atoms with E-state index >= 15 is 0 Å². The van der Waals surface area contributed by atoms with Gasteiger partial charge in [0.2, 0.25) is 0 Å². The number of esters is 1. The zero-order chi connectivity index (χ0) is 24.0. The summed E-state index contributed by atoms with van der Waals surface area (Å²) in [5.41, 5.74) is 2.01. The van der Waals surface area contributed by atoms with Crippen LogP contribution in [0.25, 0.3) is 0 Å². The van der Waals surface area contributed by atoms with Gasteiger partial charge in [-0.1, -0.05) is 60.7 Å². The molecule has 2 aromatic carbocycles. The molecule has 6 atom stereocenters. The van der Waals surface area contributed by atoms with E-state index < -0.39 is 42.5 Å². The Balaban J connectivity index is 1.58. The van der Waals surface area contributed by atoms with Gasteiger partial charge in [-0.15, -0.1) is 0 Å². The number of rotatable bonds is 9. The lowest BCUT2D eigenvalue weighted by molar-refractivity contribution is -0.385. The molecule has 2 heterocycles. The normalized spacial score (nSPS) is 31.0. The Hall–Kier alpha value is -2.33. The van der Waals surface area contributed by atoms with Crippen LogP contribution in [-0.4, -0.2) is 62.8 Å². The monoisotopic (exact) mass is 472 g/mol. The second kappa shape index (κ2) is 11.4. The van der Waals surface area contributed by atoms with Crippen LogP contribution in [0.1, 0.15) is 25.0 Å². The number of ether oxygens (including phenoxy) is 7. The molecule has 4 rings (SSSR count). The molecule has 2 aliphatic rings. The molecule has 0 saturated carbocycles. The highest BCUT2D eigenvalue weighted by atomic mass is 16.8. The van der Waals surface area contributed by atoms with E-state index in [4.69, 9.17) is 33.2 Å². The van der Waals surface area contributed by atoms with Gasteiger partial charge in [-0.05, 0) is 18.1 Å². The van der Waals surface area contributed by atoms with Crippen molar-refractivity contribution < 1.29 is 38.0 Å². The van der Waals surface area contributed by atoms with E-state index in [0.29, 0.717) is 13.2 Å². The third-order valence-electron chi connectivity index (χ3n) is 5.92. The molecule has 0 bridgehead atoms. The molecule has 184 valence electrons. The Labute approximate surface area is 200 Å². The van der Waals surface area contributed by atoms with Crippen molar-refractivity contribution in [1.82, 2.24) is 0 Å². The van der Waals surface area contributed by atoms with Crippen molar-refractivity contribution in [3.63, 3.8) is 0 Å². The summed E-state index contributed by atoms with van der Waals surface area (Å²) in [7, 11) is 1.56. The van der Waals surface area contributed by atoms with E-state index in [1.54, 1.807) is 21.0 Å². The smallest absolute Gasteiger partial charge is 0.366 e. The molecule has 0 radical (unpaired) electrons. The maximum atomic E-state index is 12.6. The molecule has 8 nitrogen and oxygen atoms in total. The minimum Gasteiger partial charge on any atom is -0.462 e. The van der Waals surface area contributed by atoms with Crippen LogP contribution in [0, 0.1) is 0 Å². The Kier molecular flexibility index (Phi) is 8.31. The number of fused-ring (bicyclic) bond motifs is 1. The predicted molar refractivity (Wildman–Crippen MR) is 122 cm³/mol. The van der Waals surface area contributed by atoms with Gasteiger partial charge >= 0.3 is 5.97 Å². The molecule has 2 fully saturated rings. The zero-order valence-corrected chi connectivity index (χ0v) is 19.8. The standard InChI is InChI=1S/C26H32O8/c1-4-29-25(27)26(2)32-17-20-21(34-26)22(30-15-18-11-7-5-8-12-18)23(24(28-3)33-20)31-16-19-13-9-6-10-14-19/h5-14,20-24H,4,15-17H2,1-3H3/t20-,21-,22+,23-,24+,26+/m1/s1. The summed E-state index contributed by atoms with van der Waals surface area (Å²) >= 11 is 0. The van der Waals surface area contributed by atoms with Gasteiger partial charge in [0.15, 0.2) is 6.29 Å². The van der Waals surface area contributed by atoms with Crippen LogP contribution in [0.15, 0.2) is 60.7 Å². The molecule has 0 aromatic heterocycles. The highest BCUT2D eigenvalue weighted by Gasteiger charge is 2.56. The quantitative estimate of drug-likeness (QED) is 0.515. The summed E-state index contributed by atoms with van der Waals surface area (Å²) in [6.45, 7) is 4.29. The second-order valence-corrected chi connectivity index (χ2v) is 8.36. The van der Waals surface area contributed by atoms with Crippen LogP contribution in [0.4, 0.5) is 0 Å². The van der Waals surface area contributed by atoms with Crippen LogP contribution in [0.2, 0.25) is 0 Å². The van der Waals surface area contributed by atoms with E-state index in [2.05, 4.69) is 0 Å². The Bertz CT molecular complexity index is 908. The maximum absolute atomic E-state index is 12.6. The average Bonchev–Trinajstić information content (AvgIpc) is 2.87. The lowest BCUT2D eigenvalue weighted by atomic mass is 9.96. The van der Waals surface area contributed by atoms with Gasteiger partial charge in [0.25, 0.3) is 5.79 Å². The third kappa shape index (κ3) is 5.66. The van der Waals surface area contributed by atoms with Gasteiger partial charge < -0.3 is 33.2 Å². The minimum absolute atomic E-state index is 0.121. The summed E-state index contributed by atoms with van der Waals surface area (Å²) in [6.07, 6.45) is -3.06. The van der Waals surface area contributed by atoms with Crippen molar-refractivity contribution in [1.29, 1.82) is 0 Å². The summed E-state index contributed by atoms with van der Waals surface area (Å²) in [5.74, 6) is -2.16. The average molecular weight is 473 g/mol. The number of benzene rings is 2. The maximum Gasteiger partial charge on any atom is 0.366 e. The van der Waals surface area contributed by atoms with Crippen molar-refractivity contribution in [3.05, 3.63) is 71.8 Å². The van der Waals surface area contributed by atoms with Gasteiger partial charge in [-0.25, -0.2) is 4.79 Å². The Morgan fingerprint density at radius 3 is 2.12 bits per heavy atom. The zero-order valence-electron chi connectivity index (χ0n) is 19.8. The van der Waals surface area contributed by atoms with Crippen molar-refractivity contribution in [2.75, 3.05) is 20.3 Å². The summed E-state index contributed by atoms with van der Waals surface area (Å²) in [4.78, 5) is 12.6. The molecule has 8 heteroatoms. The Morgan fingerprint density at radius 2 is 1.56 bits per heavy atom. The molecule has 0 amide bonds. The molecule has 2 aromatic rings. The van der Waals surface area contributed by atoms with E-state index in [1.165, 1.54) is 0 Å². The first-order valence-corrected chi connectivity index (χ1v) is 11.5. The highest BCUT2D eigenvalue weighted by Crippen LogP contribution is 2.36. The molecular weight excluding hydrogens is 440 g/mol. The Morgan fingerprint density at radius 1 is 0.971 bits per heavy atom. The molecule has 0 unspecified atom stereocenters. The molecule has 2 aliphatic heterocycles. The molecule has 34 heavy (non-hydrogen) atoms. The SMILES string of the molecule is CCOC(=O)[C@@]1(C)OC[C@H]2O[C@H](OC)[C@H](OCc3ccccc3)[C@@H](OCc3ccccc3)[C@@H]2O1. The first kappa shape index (κ1) is 24.8. The summed E-state index contributed by atoms with van der Waals surface area (Å²) in [5, 5.41) is 0. The van der Waals surface area contributed by atoms with Crippen molar-refractivity contribution in [2.45, 2.75) is 63.6 Å². The van der Waals surface area contributed by atoms with Crippen molar-refractivity contribution >= 4 is 5.97 Å². The number of hydrogen-bond donors (Lipinski definition) is 0. The minimum atomic E-state index is -1.57. The molecule has 0 aliphatic carbocycles. The van der Waals surface area contributed by atoms with E-state index in [0.717, 1.165) is 11.1 Å². The first-order chi connectivity index (χ1) is 16.5. The van der Waals surface area contributed by atoms with Crippen LogP contribution >= 0.6 is 0 Å². The predicted octanol–water partition coefficient (Wildman–Crippen LogP) is 3.22. The third-order valence-corrected chi connectivity index (χ3v) is 5.92. The first-order valence-electron chi connectivity index (χ1n) is 11.5. The topological polar surface area (TPSA) is 81.7 Å². The summed E-state index contributed by atoms with van der Waals surface area (Å²) in [6, 6.07) is 19.7. The summed E-state index contributed by atoms with van der Waals surface area (Å²) < 4.78 is 41.5. The van der Waals surface area contributed by atoms with Gasteiger partial charge in [-0.2, -0.15) is 0 Å². The molecule has 0 N–H and O–H groups in total. The fourth-order valence-corrected chi connectivity index (χ4v) is 4.15. The lowest BCUT2D eigenvalue weighted by Crippen LogP contribution is -2.67. The number of carbonyl (C=O) groups is 1. The van der Waals surface area contributed by atoms with Crippen LogP contribution < -0.4 is 0 Å². The van der Waals surface area contributed by atoms with Gasteiger partial charge in [-0.3, -0.25) is 0 Å².